The smallest absolute Gasteiger partial charge is 0.237 e. The average Bonchev–Trinajstić information content (AvgIpc) is 2.39. The number of nitriles is 1. The van der Waals surface area contributed by atoms with Crippen LogP contribution in [-0.2, 0) is 4.79 Å². The van der Waals surface area contributed by atoms with E-state index in [1.807, 2.05) is 9.80 Å². The Labute approximate surface area is 115 Å². The SMILES string of the molecule is CC1CCCC(C)N1C(=O)CN1CCNCC1C#N. The molecule has 106 valence electrons. The highest BCUT2D eigenvalue weighted by atomic mass is 16.2. The molecule has 0 aromatic heterocycles. The minimum absolute atomic E-state index is 0.173. The van der Waals surface area contributed by atoms with Crippen molar-refractivity contribution in [1.82, 2.24) is 15.1 Å². The monoisotopic (exact) mass is 264 g/mol. The van der Waals surface area contributed by atoms with Crippen LogP contribution in [0.5, 0.6) is 0 Å². The van der Waals surface area contributed by atoms with Gasteiger partial charge in [0.15, 0.2) is 0 Å². The summed E-state index contributed by atoms with van der Waals surface area (Å²) in [5.41, 5.74) is 0. The van der Waals surface area contributed by atoms with E-state index in [2.05, 4.69) is 25.2 Å². The molecule has 5 nitrogen and oxygen atoms in total. The van der Waals surface area contributed by atoms with Gasteiger partial charge in [0.2, 0.25) is 5.91 Å². The molecule has 0 bridgehead atoms. The van der Waals surface area contributed by atoms with Crippen LogP contribution in [0.15, 0.2) is 0 Å². The molecular formula is C14H24N4O. The molecule has 2 fully saturated rings. The Morgan fingerprint density at radius 3 is 2.68 bits per heavy atom. The molecule has 0 radical (unpaired) electrons. The van der Waals surface area contributed by atoms with E-state index in [1.54, 1.807) is 0 Å². The van der Waals surface area contributed by atoms with Crippen molar-refractivity contribution in [3.63, 3.8) is 0 Å². The molecule has 2 aliphatic rings. The fraction of sp³-hybridized carbons (Fsp3) is 0.857. The normalized spacial score (nSPS) is 32.9. The molecule has 0 spiro atoms. The van der Waals surface area contributed by atoms with E-state index < -0.39 is 0 Å². The molecule has 0 aliphatic carbocycles. The van der Waals surface area contributed by atoms with Gasteiger partial charge in [-0.05, 0) is 33.1 Å². The molecule has 2 saturated heterocycles. The molecule has 0 aromatic rings. The maximum Gasteiger partial charge on any atom is 0.237 e. The molecule has 1 amide bonds. The number of hydrogen-bond acceptors (Lipinski definition) is 4. The maximum atomic E-state index is 12.5. The van der Waals surface area contributed by atoms with Crippen molar-refractivity contribution in [2.75, 3.05) is 26.2 Å². The van der Waals surface area contributed by atoms with Crippen LogP contribution in [0.4, 0.5) is 0 Å². The van der Waals surface area contributed by atoms with Gasteiger partial charge in [0.05, 0.1) is 12.6 Å². The first-order chi connectivity index (χ1) is 9.13. The lowest BCUT2D eigenvalue weighted by Crippen LogP contribution is -2.56. The predicted molar refractivity (Wildman–Crippen MR) is 73.5 cm³/mol. The number of carbonyl (C=O) groups excluding carboxylic acids is 1. The predicted octanol–water partition coefficient (Wildman–Crippen LogP) is 0.573. The lowest BCUT2D eigenvalue weighted by molar-refractivity contribution is -0.139. The summed E-state index contributed by atoms with van der Waals surface area (Å²) in [6.07, 6.45) is 3.40. The molecule has 2 heterocycles. The van der Waals surface area contributed by atoms with Crippen LogP contribution in [0.25, 0.3) is 0 Å². The van der Waals surface area contributed by atoms with Gasteiger partial charge in [-0.25, -0.2) is 0 Å². The van der Waals surface area contributed by atoms with Gasteiger partial charge >= 0.3 is 0 Å². The zero-order valence-electron chi connectivity index (χ0n) is 11.9. The summed E-state index contributed by atoms with van der Waals surface area (Å²) >= 11 is 0. The van der Waals surface area contributed by atoms with Crippen LogP contribution in [0.2, 0.25) is 0 Å². The van der Waals surface area contributed by atoms with Crippen LogP contribution in [0, 0.1) is 11.3 Å². The van der Waals surface area contributed by atoms with Gasteiger partial charge in [0.1, 0.15) is 6.04 Å². The molecule has 1 N–H and O–H groups in total. The van der Waals surface area contributed by atoms with E-state index in [0.29, 0.717) is 25.2 Å². The van der Waals surface area contributed by atoms with E-state index in [1.165, 1.54) is 6.42 Å². The highest BCUT2D eigenvalue weighted by Gasteiger charge is 2.31. The fourth-order valence-electron chi connectivity index (χ4n) is 3.23. The average molecular weight is 264 g/mol. The Kier molecular flexibility index (Phi) is 4.78. The van der Waals surface area contributed by atoms with E-state index in [4.69, 9.17) is 5.26 Å². The third-order valence-electron chi connectivity index (χ3n) is 4.32. The van der Waals surface area contributed by atoms with Crippen LogP contribution in [0.1, 0.15) is 33.1 Å². The van der Waals surface area contributed by atoms with Gasteiger partial charge in [0, 0.05) is 31.7 Å². The highest BCUT2D eigenvalue weighted by molar-refractivity contribution is 5.79. The number of likely N-dealkylation sites (tertiary alicyclic amines) is 1. The van der Waals surface area contributed by atoms with E-state index in [-0.39, 0.29) is 11.9 Å². The quantitative estimate of drug-likeness (QED) is 0.792. The number of piperidine rings is 1. The number of nitrogens with one attached hydrogen (secondary N) is 1. The lowest BCUT2D eigenvalue weighted by atomic mass is 9.97. The number of piperazine rings is 1. The lowest BCUT2D eigenvalue weighted by Gasteiger charge is -2.41. The van der Waals surface area contributed by atoms with Crippen molar-refractivity contribution in [2.24, 2.45) is 0 Å². The Bertz CT molecular complexity index is 355. The maximum absolute atomic E-state index is 12.5. The topological polar surface area (TPSA) is 59.4 Å². The van der Waals surface area contributed by atoms with Crippen LogP contribution in [0.3, 0.4) is 0 Å². The summed E-state index contributed by atoms with van der Waals surface area (Å²) in [4.78, 5) is 16.5. The van der Waals surface area contributed by atoms with Crippen molar-refractivity contribution in [3.05, 3.63) is 0 Å². The number of amides is 1. The first kappa shape index (κ1) is 14.3. The largest absolute Gasteiger partial charge is 0.336 e. The van der Waals surface area contributed by atoms with Crippen LogP contribution < -0.4 is 5.32 Å². The first-order valence-electron chi connectivity index (χ1n) is 7.29. The van der Waals surface area contributed by atoms with Crippen molar-refractivity contribution in [1.29, 1.82) is 5.26 Å². The second-order valence-corrected chi connectivity index (χ2v) is 5.75. The second-order valence-electron chi connectivity index (χ2n) is 5.75. The molecule has 5 heteroatoms. The fourth-order valence-corrected chi connectivity index (χ4v) is 3.23. The Balaban J connectivity index is 1.97. The minimum Gasteiger partial charge on any atom is -0.336 e. The van der Waals surface area contributed by atoms with Gasteiger partial charge in [-0.3, -0.25) is 9.69 Å². The van der Waals surface area contributed by atoms with Gasteiger partial charge in [-0.15, -0.1) is 0 Å². The third-order valence-corrected chi connectivity index (χ3v) is 4.32. The zero-order valence-corrected chi connectivity index (χ0v) is 11.9. The number of carbonyl (C=O) groups is 1. The van der Waals surface area contributed by atoms with Crippen LogP contribution in [-0.4, -0.2) is 60.0 Å². The number of hydrogen-bond donors (Lipinski definition) is 1. The molecule has 2 aliphatic heterocycles. The summed E-state index contributed by atoms with van der Waals surface area (Å²) in [5.74, 6) is 0.182. The molecule has 0 saturated carbocycles. The summed E-state index contributed by atoms with van der Waals surface area (Å²) in [5, 5.41) is 12.3. The summed E-state index contributed by atoms with van der Waals surface area (Å²) in [6, 6.07) is 2.77. The Morgan fingerprint density at radius 1 is 1.37 bits per heavy atom. The third kappa shape index (κ3) is 3.26. The van der Waals surface area contributed by atoms with E-state index in [0.717, 1.165) is 25.9 Å². The van der Waals surface area contributed by atoms with Gasteiger partial charge < -0.3 is 10.2 Å². The molecule has 0 aromatic carbocycles. The van der Waals surface area contributed by atoms with Gasteiger partial charge in [-0.2, -0.15) is 5.26 Å². The van der Waals surface area contributed by atoms with Crippen molar-refractivity contribution >= 4 is 5.91 Å². The molecule has 3 atom stereocenters. The molecular weight excluding hydrogens is 240 g/mol. The zero-order chi connectivity index (χ0) is 13.8. The van der Waals surface area contributed by atoms with Crippen molar-refractivity contribution < 1.29 is 4.79 Å². The van der Waals surface area contributed by atoms with Gasteiger partial charge in [0.25, 0.3) is 0 Å². The summed E-state index contributed by atoms with van der Waals surface area (Å²) in [6.45, 7) is 6.95. The van der Waals surface area contributed by atoms with Gasteiger partial charge in [-0.1, -0.05) is 0 Å². The van der Waals surface area contributed by atoms with Crippen LogP contribution >= 0.6 is 0 Å². The Hall–Kier alpha value is -1.12. The van der Waals surface area contributed by atoms with E-state index in [9.17, 15) is 4.79 Å². The number of nitrogens with zero attached hydrogens (tertiary/aromatic N) is 3. The van der Waals surface area contributed by atoms with E-state index >= 15 is 0 Å². The Morgan fingerprint density at radius 2 is 2.05 bits per heavy atom. The highest BCUT2D eigenvalue weighted by Crippen LogP contribution is 2.22. The minimum atomic E-state index is -0.173. The second kappa shape index (κ2) is 6.36. The molecule has 19 heavy (non-hydrogen) atoms. The van der Waals surface area contributed by atoms with Crippen molar-refractivity contribution in [3.8, 4) is 6.07 Å². The number of rotatable bonds is 2. The molecule has 2 rings (SSSR count). The van der Waals surface area contributed by atoms with Crippen molar-refractivity contribution in [2.45, 2.75) is 51.2 Å². The first-order valence-corrected chi connectivity index (χ1v) is 7.29. The summed E-state index contributed by atoms with van der Waals surface area (Å²) in [7, 11) is 0. The standard InChI is InChI=1S/C14H24N4O/c1-11-4-3-5-12(2)18(11)14(19)10-17-7-6-16-9-13(17)8-15/h11-13,16H,3-7,9-10H2,1-2H3. The molecule has 3 unspecified atom stereocenters. The summed E-state index contributed by atoms with van der Waals surface area (Å²) < 4.78 is 0.